The van der Waals surface area contributed by atoms with Crippen LogP contribution in [0.4, 0.5) is 11.4 Å². The van der Waals surface area contributed by atoms with Crippen molar-refractivity contribution in [2.45, 2.75) is 105 Å². The number of hydrogen-bond donors (Lipinski definition) is 0. The van der Waals surface area contributed by atoms with Crippen LogP contribution in [0.5, 0.6) is 0 Å². The molecule has 2 aromatic carbocycles. The fourth-order valence-electron chi connectivity index (χ4n) is 3.84. The van der Waals surface area contributed by atoms with Crippen molar-refractivity contribution in [1.82, 2.24) is 0 Å². The van der Waals surface area contributed by atoms with Gasteiger partial charge in [0.25, 0.3) is 0 Å². The molecule has 33 heavy (non-hydrogen) atoms. The van der Waals surface area contributed by atoms with Crippen molar-refractivity contribution in [3.63, 3.8) is 0 Å². The molecule has 0 fully saturated rings. The van der Waals surface area contributed by atoms with E-state index in [4.69, 9.17) is 0 Å². The quantitative estimate of drug-likeness (QED) is 0.457. The maximum atomic E-state index is 3.59. The normalized spacial score (nSPS) is 15.5. The van der Waals surface area contributed by atoms with Crippen molar-refractivity contribution in [2.24, 2.45) is 0 Å². The Bertz CT molecular complexity index is 883. The molecule has 0 saturated heterocycles. The van der Waals surface area contributed by atoms with E-state index >= 15 is 0 Å². The molecule has 1 aliphatic rings. The van der Waals surface area contributed by atoms with E-state index in [0.717, 1.165) is 11.4 Å². The molecule has 0 atom stereocenters. The lowest BCUT2D eigenvalue weighted by molar-refractivity contribution is 0.568. The Kier molecular flexibility index (Phi) is 6.33. The van der Waals surface area contributed by atoms with Gasteiger partial charge in [-0.25, -0.2) is 0 Å². The third-order valence-corrected chi connectivity index (χ3v) is 6.44. The molecule has 0 unspecified atom stereocenters. The molecule has 0 aromatic heterocycles. The number of hydrogen-bond acceptors (Lipinski definition) is 2. The summed E-state index contributed by atoms with van der Waals surface area (Å²) in [6.07, 6.45) is 4.24. The summed E-state index contributed by atoms with van der Waals surface area (Å²) in [4.78, 5) is 4.26. The predicted octanol–water partition coefficient (Wildman–Crippen LogP) is 8.67. The van der Waals surface area contributed by atoms with Crippen LogP contribution in [0.1, 0.15) is 105 Å². The van der Waals surface area contributed by atoms with E-state index in [1.807, 2.05) is 0 Å². The van der Waals surface area contributed by atoms with Crippen molar-refractivity contribution >= 4 is 11.4 Å². The Balaban J connectivity index is 2.00. The summed E-state index contributed by atoms with van der Waals surface area (Å²) < 4.78 is 0. The molecule has 1 aliphatic heterocycles. The largest absolute Gasteiger partial charge is 0.315 e. The maximum Gasteiger partial charge on any atom is 0.217 e. The van der Waals surface area contributed by atoms with E-state index in [1.54, 1.807) is 0 Å². The van der Waals surface area contributed by atoms with Gasteiger partial charge in [0.15, 0.2) is 0 Å². The molecule has 0 amide bonds. The van der Waals surface area contributed by atoms with Crippen molar-refractivity contribution in [3.8, 4) is 0 Å². The molecule has 0 N–H and O–H groups in total. The van der Waals surface area contributed by atoms with Gasteiger partial charge >= 0.3 is 0 Å². The smallest absolute Gasteiger partial charge is 0.217 e. The molecular weight excluding hydrogens is 400 g/mol. The Morgan fingerprint density at radius 1 is 0.424 bits per heavy atom. The summed E-state index contributed by atoms with van der Waals surface area (Å²) in [7, 11) is 0. The van der Waals surface area contributed by atoms with E-state index in [0.29, 0.717) is 0 Å². The Morgan fingerprint density at radius 3 is 0.879 bits per heavy atom. The number of anilines is 2. The number of benzene rings is 2. The van der Waals surface area contributed by atoms with Crippen molar-refractivity contribution < 1.29 is 0 Å². The second-order valence-electron chi connectivity index (χ2n) is 13.7. The molecule has 3 rings (SSSR count). The number of rotatable bonds is 2. The average molecular weight is 445 g/mol. The standard InChI is InChI=1S/C31H44N2/c1-28(2,3)22-15-23(29(4,5)6)18-26(17-22)32-13-14-33(21-32)27-19-24(30(7,8)9)16-25(20-27)31(10,11)12/h13-20H,1-12H3. The Labute approximate surface area is 203 Å². The predicted molar refractivity (Wildman–Crippen MR) is 145 cm³/mol. The molecule has 0 bridgehead atoms. The van der Waals surface area contributed by atoms with E-state index in [2.05, 4.69) is 148 Å². The van der Waals surface area contributed by atoms with Gasteiger partial charge in [0.2, 0.25) is 6.67 Å². The molecule has 2 radical (unpaired) electrons. The summed E-state index contributed by atoms with van der Waals surface area (Å²) in [5, 5.41) is 0. The minimum absolute atomic E-state index is 0.0851. The highest BCUT2D eigenvalue weighted by atomic mass is 15.3. The molecule has 1 heterocycles. The second-order valence-corrected chi connectivity index (χ2v) is 13.7. The summed E-state index contributed by atoms with van der Waals surface area (Å²) in [6.45, 7) is 31.0. The van der Waals surface area contributed by atoms with Crippen LogP contribution >= 0.6 is 0 Å². The molecule has 0 spiro atoms. The first-order chi connectivity index (χ1) is 14.9. The Morgan fingerprint density at radius 2 is 0.667 bits per heavy atom. The van der Waals surface area contributed by atoms with Crippen LogP contribution in [-0.2, 0) is 21.7 Å². The van der Waals surface area contributed by atoms with Crippen LogP contribution in [0.15, 0.2) is 48.8 Å². The SMILES string of the molecule is CC(C)(C)c1cc(N2[C]N(c3cc(C(C)(C)C)cc(C(C)(C)C)c3)C=C2)cc(C(C)(C)C)c1. The highest BCUT2D eigenvalue weighted by Gasteiger charge is 2.26. The average Bonchev–Trinajstić information content (AvgIpc) is 3.15. The summed E-state index contributed by atoms with van der Waals surface area (Å²) in [5.41, 5.74) is 8.06. The molecule has 2 nitrogen and oxygen atoms in total. The lowest BCUT2D eigenvalue weighted by atomic mass is 9.80. The first kappa shape index (κ1) is 25.4. The van der Waals surface area contributed by atoms with Crippen LogP contribution in [0.3, 0.4) is 0 Å². The third-order valence-electron chi connectivity index (χ3n) is 6.44. The first-order valence-electron chi connectivity index (χ1n) is 12.2. The van der Waals surface area contributed by atoms with Gasteiger partial charge in [0, 0.05) is 23.8 Å². The van der Waals surface area contributed by atoms with Gasteiger partial charge in [-0.1, -0.05) is 95.2 Å². The molecule has 0 aliphatic carbocycles. The van der Waals surface area contributed by atoms with Crippen LogP contribution in [0, 0.1) is 6.67 Å². The fourth-order valence-corrected chi connectivity index (χ4v) is 3.84. The molecular formula is C31H44N2. The zero-order valence-corrected chi connectivity index (χ0v) is 23.0. The molecule has 2 aromatic rings. The molecule has 2 heteroatoms. The van der Waals surface area contributed by atoms with Crippen molar-refractivity contribution in [3.05, 3.63) is 77.7 Å². The molecule has 178 valence electrons. The van der Waals surface area contributed by atoms with E-state index < -0.39 is 0 Å². The lowest BCUT2D eigenvalue weighted by Crippen LogP contribution is -2.22. The summed E-state index contributed by atoms with van der Waals surface area (Å²) >= 11 is 0. The summed E-state index contributed by atoms with van der Waals surface area (Å²) in [6, 6.07) is 14.0. The highest BCUT2D eigenvalue weighted by Crippen LogP contribution is 2.38. The number of nitrogens with zero attached hydrogens (tertiary/aromatic N) is 2. The molecule has 0 saturated carbocycles. The van der Waals surface area contributed by atoms with Crippen LogP contribution in [-0.4, -0.2) is 0 Å². The van der Waals surface area contributed by atoms with Gasteiger partial charge in [-0.05, 0) is 68.2 Å². The third kappa shape index (κ3) is 5.83. The monoisotopic (exact) mass is 444 g/mol. The van der Waals surface area contributed by atoms with Gasteiger partial charge in [0.05, 0.1) is 0 Å². The zero-order valence-electron chi connectivity index (χ0n) is 23.0. The zero-order chi connectivity index (χ0) is 25.0. The Hall–Kier alpha value is -2.22. The maximum absolute atomic E-state index is 3.59. The minimum atomic E-state index is 0.0851. The minimum Gasteiger partial charge on any atom is -0.315 e. The van der Waals surface area contributed by atoms with Gasteiger partial charge in [0.1, 0.15) is 0 Å². The highest BCUT2D eigenvalue weighted by molar-refractivity contribution is 5.66. The van der Waals surface area contributed by atoms with Crippen LogP contribution in [0.25, 0.3) is 0 Å². The van der Waals surface area contributed by atoms with Crippen molar-refractivity contribution in [1.29, 1.82) is 0 Å². The fraction of sp³-hybridized carbons (Fsp3) is 0.516. The van der Waals surface area contributed by atoms with Crippen LogP contribution < -0.4 is 9.80 Å². The van der Waals surface area contributed by atoms with Crippen LogP contribution in [0.2, 0.25) is 0 Å². The van der Waals surface area contributed by atoms with E-state index in [1.165, 1.54) is 22.3 Å². The lowest BCUT2D eigenvalue weighted by Gasteiger charge is -2.29. The summed E-state index contributed by atoms with van der Waals surface area (Å²) in [5.74, 6) is 0. The van der Waals surface area contributed by atoms with E-state index in [-0.39, 0.29) is 21.7 Å². The second kappa shape index (κ2) is 8.22. The first-order valence-corrected chi connectivity index (χ1v) is 12.2. The van der Waals surface area contributed by atoms with Gasteiger partial charge in [-0.3, -0.25) is 0 Å². The van der Waals surface area contributed by atoms with Crippen molar-refractivity contribution in [2.75, 3.05) is 9.80 Å². The topological polar surface area (TPSA) is 6.48 Å². The van der Waals surface area contributed by atoms with E-state index in [9.17, 15) is 0 Å². The van der Waals surface area contributed by atoms with Gasteiger partial charge < -0.3 is 9.80 Å². The van der Waals surface area contributed by atoms with Gasteiger partial charge in [-0.2, -0.15) is 0 Å². The van der Waals surface area contributed by atoms with Gasteiger partial charge in [-0.15, -0.1) is 0 Å².